The Labute approximate surface area is 157 Å². The first-order chi connectivity index (χ1) is 12.7. The van der Waals surface area contributed by atoms with E-state index in [1.807, 2.05) is 30.3 Å². The number of nitrogens with one attached hydrogen (secondary N) is 1. The monoisotopic (exact) mass is 366 g/mol. The molecular formula is C20H22N4OS. The van der Waals surface area contributed by atoms with Crippen LogP contribution < -0.4 is 10.2 Å². The maximum Gasteiger partial charge on any atom is 0.251 e. The summed E-state index contributed by atoms with van der Waals surface area (Å²) in [6.07, 6.45) is 4.54. The maximum atomic E-state index is 12.3. The van der Waals surface area contributed by atoms with Crippen molar-refractivity contribution in [1.29, 1.82) is 0 Å². The van der Waals surface area contributed by atoms with Gasteiger partial charge in [0.15, 0.2) is 0 Å². The van der Waals surface area contributed by atoms with Gasteiger partial charge in [0.05, 0.1) is 5.39 Å². The zero-order valence-electron chi connectivity index (χ0n) is 14.8. The number of anilines is 1. The van der Waals surface area contributed by atoms with Gasteiger partial charge in [0.25, 0.3) is 5.91 Å². The Bertz CT molecular complexity index is 901. The third-order valence-electron chi connectivity index (χ3n) is 4.87. The van der Waals surface area contributed by atoms with Crippen molar-refractivity contribution in [1.82, 2.24) is 15.3 Å². The molecule has 6 heteroatoms. The highest BCUT2D eigenvalue weighted by atomic mass is 32.1. The molecule has 0 bridgehead atoms. The molecule has 3 aromatic rings. The van der Waals surface area contributed by atoms with Gasteiger partial charge in [-0.3, -0.25) is 4.79 Å². The SMILES string of the molecule is CCc1cc2c(N3CCC(NC(=O)c4ccccc4)CC3)ncnc2s1. The summed E-state index contributed by atoms with van der Waals surface area (Å²) < 4.78 is 0. The van der Waals surface area contributed by atoms with E-state index in [1.54, 1.807) is 17.7 Å². The Hall–Kier alpha value is -2.47. The standard InChI is InChI=1S/C20H22N4OS/c1-2-16-12-17-18(21-13-22-20(17)26-16)24-10-8-15(9-11-24)23-19(25)14-6-4-3-5-7-14/h3-7,12-13,15H,2,8-11H2,1H3,(H,23,25). The summed E-state index contributed by atoms with van der Waals surface area (Å²) in [5.41, 5.74) is 0.720. The molecule has 0 atom stereocenters. The van der Waals surface area contributed by atoms with E-state index in [1.165, 1.54) is 4.88 Å². The van der Waals surface area contributed by atoms with Gasteiger partial charge in [0.1, 0.15) is 17.0 Å². The number of benzene rings is 1. The predicted octanol–water partition coefficient (Wildman–Crippen LogP) is 3.65. The third-order valence-corrected chi connectivity index (χ3v) is 6.06. The van der Waals surface area contributed by atoms with E-state index in [9.17, 15) is 4.79 Å². The molecule has 0 saturated carbocycles. The second-order valence-electron chi connectivity index (χ2n) is 6.58. The van der Waals surface area contributed by atoms with Crippen LogP contribution in [0.15, 0.2) is 42.7 Å². The number of nitrogens with zero attached hydrogens (tertiary/aromatic N) is 3. The molecule has 3 heterocycles. The summed E-state index contributed by atoms with van der Waals surface area (Å²) in [5.74, 6) is 1.04. The number of aromatic nitrogens is 2. The minimum absolute atomic E-state index is 0.0129. The smallest absolute Gasteiger partial charge is 0.251 e. The molecule has 0 aliphatic carbocycles. The van der Waals surface area contributed by atoms with E-state index in [0.29, 0.717) is 0 Å². The van der Waals surface area contributed by atoms with Crippen LogP contribution in [0.3, 0.4) is 0 Å². The quantitative estimate of drug-likeness (QED) is 0.766. The van der Waals surface area contributed by atoms with Gasteiger partial charge in [-0.15, -0.1) is 11.3 Å². The summed E-state index contributed by atoms with van der Waals surface area (Å²) in [4.78, 5) is 26.0. The van der Waals surface area contributed by atoms with Gasteiger partial charge in [-0.25, -0.2) is 9.97 Å². The molecule has 2 aromatic heterocycles. The molecule has 1 amide bonds. The summed E-state index contributed by atoms with van der Waals surface area (Å²) in [6.45, 7) is 3.95. The zero-order valence-corrected chi connectivity index (χ0v) is 15.6. The molecule has 134 valence electrons. The molecule has 1 aliphatic heterocycles. The average Bonchev–Trinajstić information content (AvgIpc) is 3.13. The molecule has 0 radical (unpaired) electrons. The van der Waals surface area contributed by atoms with Crippen LogP contribution in [-0.4, -0.2) is 35.0 Å². The first-order valence-corrected chi connectivity index (χ1v) is 9.90. The Balaban J connectivity index is 1.42. The number of thiophene rings is 1. The normalized spacial score (nSPS) is 15.3. The second-order valence-corrected chi connectivity index (χ2v) is 7.70. The summed E-state index contributed by atoms with van der Waals surface area (Å²) >= 11 is 1.75. The van der Waals surface area contributed by atoms with Crippen molar-refractivity contribution in [3.05, 3.63) is 53.2 Å². The highest BCUT2D eigenvalue weighted by Gasteiger charge is 2.23. The Morgan fingerprint density at radius 3 is 2.73 bits per heavy atom. The lowest BCUT2D eigenvalue weighted by Gasteiger charge is -2.33. The van der Waals surface area contributed by atoms with E-state index in [-0.39, 0.29) is 11.9 Å². The number of hydrogen-bond acceptors (Lipinski definition) is 5. The van der Waals surface area contributed by atoms with Gasteiger partial charge in [0.2, 0.25) is 0 Å². The molecule has 26 heavy (non-hydrogen) atoms. The highest BCUT2D eigenvalue weighted by molar-refractivity contribution is 7.18. The molecule has 1 aromatic carbocycles. The lowest BCUT2D eigenvalue weighted by Crippen LogP contribution is -2.45. The largest absolute Gasteiger partial charge is 0.356 e. The minimum Gasteiger partial charge on any atom is -0.356 e. The van der Waals surface area contributed by atoms with E-state index in [4.69, 9.17) is 0 Å². The number of hydrogen-bond donors (Lipinski definition) is 1. The van der Waals surface area contributed by atoms with Gasteiger partial charge in [-0.05, 0) is 37.5 Å². The lowest BCUT2D eigenvalue weighted by atomic mass is 10.0. The van der Waals surface area contributed by atoms with Gasteiger partial charge < -0.3 is 10.2 Å². The third kappa shape index (κ3) is 3.42. The predicted molar refractivity (Wildman–Crippen MR) is 106 cm³/mol. The van der Waals surface area contributed by atoms with Crippen molar-refractivity contribution in [2.75, 3.05) is 18.0 Å². The minimum atomic E-state index is 0.0129. The summed E-state index contributed by atoms with van der Waals surface area (Å²) in [6, 6.07) is 11.8. The molecular weight excluding hydrogens is 344 g/mol. The molecule has 0 spiro atoms. The molecule has 0 unspecified atom stereocenters. The molecule has 1 fully saturated rings. The Morgan fingerprint density at radius 2 is 2.00 bits per heavy atom. The van der Waals surface area contributed by atoms with Gasteiger partial charge in [-0.1, -0.05) is 25.1 Å². The number of fused-ring (bicyclic) bond motifs is 1. The average molecular weight is 366 g/mol. The summed E-state index contributed by atoms with van der Waals surface area (Å²) in [5, 5.41) is 4.32. The zero-order chi connectivity index (χ0) is 17.9. The fourth-order valence-corrected chi connectivity index (χ4v) is 4.34. The Kier molecular flexibility index (Phi) is 4.84. The first kappa shape index (κ1) is 17.0. The van der Waals surface area contributed by atoms with E-state index >= 15 is 0 Å². The number of carbonyl (C=O) groups is 1. The maximum absolute atomic E-state index is 12.3. The number of rotatable bonds is 4. The highest BCUT2D eigenvalue weighted by Crippen LogP contribution is 2.31. The van der Waals surface area contributed by atoms with Gasteiger partial charge >= 0.3 is 0 Å². The van der Waals surface area contributed by atoms with Crippen molar-refractivity contribution < 1.29 is 4.79 Å². The van der Waals surface area contributed by atoms with E-state index in [0.717, 1.165) is 53.9 Å². The van der Waals surface area contributed by atoms with Crippen LogP contribution in [0.5, 0.6) is 0 Å². The van der Waals surface area contributed by atoms with Crippen LogP contribution in [0, 0.1) is 0 Å². The molecule has 1 N–H and O–H groups in total. The van der Waals surface area contributed by atoms with Crippen LogP contribution in [0.25, 0.3) is 10.2 Å². The van der Waals surface area contributed by atoms with E-state index < -0.39 is 0 Å². The fourth-order valence-electron chi connectivity index (χ4n) is 3.41. The molecule has 1 saturated heterocycles. The number of carbonyl (C=O) groups excluding carboxylic acids is 1. The van der Waals surface area contributed by atoms with Gasteiger partial charge in [-0.2, -0.15) is 0 Å². The number of aryl methyl sites for hydroxylation is 1. The molecule has 5 nitrogen and oxygen atoms in total. The number of piperidine rings is 1. The molecule has 1 aliphatic rings. The fraction of sp³-hybridized carbons (Fsp3) is 0.350. The van der Waals surface area contributed by atoms with Crippen molar-refractivity contribution in [2.24, 2.45) is 0 Å². The van der Waals surface area contributed by atoms with Crippen LogP contribution in [0.4, 0.5) is 5.82 Å². The van der Waals surface area contributed by atoms with Crippen LogP contribution in [0.1, 0.15) is 35.0 Å². The second kappa shape index (κ2) is 7.41. The van der Waals surface area contributed by atoms with Crippen LogP contribution in [0.2, 0.25) is 0 Å². The van der Waals surface area contributed by atoms with Crippen molar-refractivity contribution in [3.8, 4) is 0 Å². The van der Waals surface area contributed by atoms with Crippen LogP contribution >= 0.6 is 11.3 Å². The first-order valence-electron chi connectivity index (χ1n) is 9.09. The van der Waals surface area contributed by atoms with Crippen molar-refractivity contribution in [2.45, 2.75) is 32.2 Å². The topological polar surface area (TPSA) is 58.1 Å². The van der Waals surface area contributed by atoms with Gasteiger partial charge in [0, 0.05) is 29.6 Å². The van der Waals surface area contributed by atoms with Crippen molar-refractivity contribution in [3.63, 3.8) is 0 Å². The summed E-state index contributed by atoms with van der Waals surface area (Å²) in [7, 11) is 0. The van der Waals surface area contributed by atoms with Crippen LogP contribution in [-0.2, 0) is 6.42 Å². The Morgan fingerprint density at radius 1 is 1.23 bits per heavy atom. The van der Waals surface area contributed by atoms with Crippen molar-refractivity contribution >= 4 is 33.3 Å². The number of amides is 1. The van der Waals surface area contributed by atoms with E-state index in [2.05, 4.69) is 33.2 Å². The lowest BCUT2D eigenvalue weighted by molar-refractivity contribution is 0.0931. The molecule has 4 rings (SSSR count).